The molecule has 2 aromatic carbocycles. The van der Waals surface area contributed by atoms with E-state index in [1.807, 2.05) is 0 Å². The standard InChI is InChI=1S/C13H12BrN3O2S/c14-11-3-1-2-4-12(11)20(18,19)10-7-5-9(6-8-10)17-13(15)16/h1-8H,(H4,15,16,17). The molecule has 0 heterocycles. The number of nitrogens with two attached hydrogens (primary N) is 2. The predicted molar refractivity (Wildman–Crippen MR) is 81.5 cm³/mol. The number of hydrogen-bond donors (Lipinski definition) is 2. The van der Waals surface area contributed by atoms with Crippen LogP contribution < -0.4 is 11.5 Å². The molecule has 0 unspecified atom stereocenters. The summed E-state index contributed by atoms with van der Waals surface area (Å²) in [6.07, 6.45) is 0. The maximum atomic E-state index is 12.5. The van der Waals surface area contributed by atoms with E-state index in [0.29, 0.717) is 10.2 Å². The van der Waals surface area contributed by atoms with Crippen LogP contribution in [-0.2, 0) is 9.84 Å². The van der Waals surface area contributed by atoms with Gasteiger partial charge in [-0.25, -0.2) is 13.4 Å². The summed E-state index contributed by atoms with van der Waals surface area (Å²) >= 11 is 3.24. The molecule has 0 aliphatic rings. The third-order valence-electron chi connectivity index (χ3n) is 2.53. The third-order valence-corrected chi connectivity index (χ3v) is 5.31. The molecule has 5 nitrogen and oxygen atoms in total. The molecule has 2 rings (SSSR count). The van der Waals surface area contributed by atoms with E-state index >= 15 is 0 Å². The SMILES string of the molecule is NC(N)=Nc1ccc(S(=O)(=O)c2ccccc2Br)cc1. The number of rotatable bonds is 3. The van der Waals surface area contributed by atoms with Crippen molar-refractivity contribution in [3.05, 3.63) is 53.0 Å². The van der Waals surface area contributed by atoms with Crippen LogP contribution in [0, 0.1) is 0 Å². The quantitative estimate of drug-likeness (QED) is 0.652. The van der Waals surface area contributed by atoms with Crippen LogP contribution in [0.3, 0.4) is 0 Å². The molecule has 0 aromatic heterocycles. The number of hydrogen-bond acceptors (Lipinski definition) is 3. The van der Waals surface area contributed by atoms with E-state index in [4.69, 9.17) is 11.5 Å². The first-order chi connectivity index (χ1) is 9.41. The Bertz CT molecular complexity index is 751. The molecule has 0 bridgehead atoms. The van der Waals surface area contributed by atoms with Crippen molar-refractivity contribution < 1.29 is 8.42 Å². The summed E-state index contributed by atoms with van der Waals surface area (Å²) in [5, 5.41) is 0. The number of aliphatic imine (C=N–C) groups is 1. The van der Waals surface area contributed by atoms with Crippen LogP contribution >= 0.6 is 15.9 Å². The second-order valence-electron chi connectivity index (χ2n) is 3.96. The van der Waals surface area contributed by atoms with E-state index in [1.165, 1.54) is 12.1 Å². The number of benzene rings is 2. The zero-order chi connectivity index (χ0) is 14.8. The Hall–Kier alpha value is -1.86. The molecule has 4 N–H and O–H groups in total. The van der Waals surface area contributed by atoms with Gasteiger partial charge in [0.15, 0.2) is 5.96 Å². The Morgan fingerprint density at radius 3 is 2.15 bits per heavy atom. The van der Waals surface area contributed by atoms with Crippen molar-refractivity contribution in [3.63, 3.8) is 0 Å². The molecule has 0 saturated carbocycles. The van der Waals surface area contributed by atoms with Crippen LogP contribution in [0.25, 0.3) is 0 Å². The maximum Gasteiger partial charge on any atom is 0.207 e. The van der Waals surface area contributed by atoms with Crippen LogP contribution in [0.5, 0.6) is 0 Å². The van der Waals surface area contributed by atoms with Gasteiger partial charge in [0.1, 0.15) is 0 Å². The molecule has 20 heavy (non-hydrogen) atoms. The minimum absolute atomic E-state index is 0.0774. The molecule has 0 aliphatic carbocycles. The molecule has 0 spiro atoms. The van der Waals surface area contributed by atoms with Crippen LogP contribution in [-0.4, -0.2) is 14.4 Å². The van der Waals surface area contributed by atoms with E-state index in [2.05, 4.69) is 20.9 Å². The summed E-state index contributed by atoms with van der Waals surface area (Å²) in [5.41, 5.74) is 11.0. The molecular formula is C13H12BrN3O2S. The predicted octanol–water partition coefficient (Wildman–Crippen LogP) is 2.19. The minimum Gasteiger partial charge on any atom is -0.370 e. The van der Waals surface area contributed by atoms with Gasteiger partial charge in [-0.2, -0.15) is 0 Å². The molecule has 0 atom stereocenters. The minimum atomic E-state index is -3.57. The van der Waals surface area contributed by atoms with Gasteiger partial charge < -0.3 is 11.5 Å². The largest absolute Gasteiger partial charge is 0.370 e. The monoisotopic (exact) mass is 353 g/mol. The molecule has 2 aromatic rings. The number of sulfone groups is 1. The summed E-state index contributed by atoms with van der Waals surface area (Å²) in [7, 11) is -3.57. The number of guanidine groups is 1. The summed E-state index contributed by atoms with van der Waals surface area (Å²) in [6.45, 7) is 0. The first-order valence-corrected chi connectivity index (χ1v) is 7.88. The Balaban J connectivity index is 2.46. The van der Waals surface area contributed by atoms with Gasteiger partial charge in [-0.3, -0.25) is 0 Å². The van der Waals surface area contributed by atoms with Crippen molar-refractivity contribution in [2.45, 2.75) is 9.79 Å². The lowest BCUT2D eigenvalue weighted by molar-refractivity contribution is 0.595. The second-order valence-corrected chi connectivity index (χ2v) is 6.74. The lowest BCUT2D eigenvalue weighted by atomic mass is 10.3. The fraction of sp³-hybridized carbons (Fsp3) is 0. The van der Waals surface area contributed by atoms with E-state index in [-0.39, 0.29) is 15.8 Å². The van der Waals surface area contributed by atoms with Crippen molar-refractivity contribution in [1.29, 1.82) is 0 Å². The zero-order valence-corrected chi connectivity index (χ0v) is 12.7. The Morgan fingerprint density at radius 2 is 1.60 bits per heavy atom. The van der Waals surface area contributed by atoms with Gasteiger partial charge in [-0.15, -0.1) is 0 Å². The molecule has 7 heteroatoms. The highest BCUT2D eigenvalue weighted by Crippen LogP contribution is 2.28. The van der Waals surface area contributed by atoms with Crippen molar-refractivity contribution in [2.75, 3.05) is 0 Å². The van der Waals surface area contributed by atoms with Gasteiger partial charge >= 0.3 is 0 Å². The van der Waals surface area contributed by atoms with Crippen molar-refractivity contribution in [3.8, 4) is 0 Å². The third kappa shape index (κ3) is 3.00. The summed E-state index contributed by atoms with van der Waals surface area (Å²) < 4.78 is 25.5. The van der Waals surface area contributed by atoms with E-state index in [1.54, 1.807) is 36.4 Å². The summed E-state index contributed by atoms with van der Waals surface area (Å²) in [4.78, 5) is 4.24. The van der Waals surface area contributed by atoms with Crippen molar-refractivity contribution in [1.82, 2.24) is 0 Å². The molecule has 0 saturated heterocycles. The highest BCUT2D eigenvalue weighted by Gasteiger charge is 2.19. The van der Waals surface area contributed by atoms with Gasteiger partial charge in [0.25, 0.3) is 0 Å². The van der Waals surface area contributed by atoms with Gasteiger partial charge in [-0.1, -0.05) is 12.1 Å². The van der Waals surface area contributed by atoms with E-state index < -0.39 is 9.84 Å². The number of halogens is 1. The lowest BCUT2D eigenvalue weighted by Gasteiger charge is -2.06. The van der Waals surface area contributed by atoms with Crippen LogP contribution in [0.1, 0.15) is 0 Å². The molecule has 104 valence electrons. The first kappa shape index (κ1) is 14.5. The number of nitrogens with zero attached hydrogens (tertiary/aromatic N) is 1. The van der Waals surface area contributed by atoms with Crippen LogP contribution in [0.4, 0.5) is 5.69 Å². The summed E-state index contributed by atoms with van der Waals surface area (Å²) in [5.74, 6) is -0.0774. The molecule has 0 fully saturated rings. The topological polar surface area (TPSA) is 98.5 Å². The Labute approximate surface area is 125 Å². The maximum absolute atomic E-state index is 12.5. The smallest absolute Gasteiger partial charge is 0.207 e. The average Bonchev–Trinajstić information content (AvgIpc) is 2.39. The molecule has 0 aliphatic heterocycles. The lowest BCUT2D eigenvalue weighted by Crippen LogP contribution is -2.21. The van der Waals surface area contributed by atoms with E-state index in [9.17, 15) is 8.42 Å². The molecule has 0 amide bonds. The fourth-order valence-electron chi connectivity index (χ4n) is 1.64. The van der Waals surface area contributed by atoms with Gasteiger partial charge in [-0.05, 0) is 52.3 Å². The van der Waals surface area contributed by atoms with Crippen molar-refractivity contribution >= 4 is 37.4 Å². The second kappa shape index (κ2) is 5.64. The zero-order valence-electron chi connectivity index (χ0n) is 10.3. The van der Waals surface area contributed by atoms with Gasteiger partial charge in [0, 0.05) is 4.47 Å². The van der Waals surface area contributed by atoms with Crippen molar-refractivity contribution in [2.24, 2.45) is 16.5 Å². The van der Waals surface area contributed by atoms with Crippen LogP contribution in [0.2, 0.25) is 0 Å². The average molecular weight is 354 g/mol. The van der Waals surface area contributed by atoms with Crippen LogP contribution in [0.15, 0.2) is 67.8 Å². The molecule has 0 radical (unpaired) electrons. The van der Waals surface area contributed by atoms with E-state index in [0.717, 1.165) is 0 Å². The Morgan fingerprint density at radius 1 is 1.00 bits per heavy atom. The van der Waals surface area contributed by atoms with Gasteiger partial charge in [0.05, 0.1) is 15.5 Å². The first-order valence-electron chi connectivity index (χ1n) is 5.60. The normalized spacial score (nSPS) is 11.1. The highest BCUT2D eigenvalue weighted by atomic mass is 79.9. The highest BCUT2D eigenvalue weighted by molar-refractivity contribution is 9.10. The molecular weight excluding hydrogens is 342 g/mol. The Kier molecular flexibility index (Phi) is 4.10. The fourth-order valence-corrected chi connectivity index (χ4v) is 3.89. The van der Waals surface area contributed by atoms with Gasteiger partial charge in [0.2, 0.25) is 9.84 Å². The summed E-state index contributed by atoms with van der Waals surface area (Å²) in [6, 6.07) is 12.7.